The molecule has 0 bridgehead atoms. The van der Waals surface area contributed by atoms with Gasteiger partial charge in [-0.1, -0.05) is 32.0 Å². The quantitative estimate of drug-likeness (QED) is 0.382. The summed E-state index contributed by atoms with van der Waals surface area (Å²) >= 11 is 0. The first kappa shape index (κ1) is 22.3. The van der Waals surface area contributed by atoms with E-state index in [1.54, 1.807) is 14.2 Å². The van der Waals surface area contributed by atoms with E-state index in [9.17, 15) is 0 Å². The first-order valence-electron chi connectivity index (χ1n) is 8.58. The first-order chi connectivity index (χ1) is 12.0. The lowest BCUT2D eigenvalue weighted by atomic mass is 10.2. The van der Waals surface area contributed by atoms with E-state index in [1.165, 1.54) is 0 Å². The first-order valence-corrected chi connectivity index (χ1v) is 8.58. The number of nitrogens with zero attached hydrogens (tertiary/aromatic N) is 4. The van der Waals surface area contributed by atoms with E-state index in [4.69, 9.17) is 4.74 Å². The van der Waals surface area contributed by atoms with Crippen LogP contribution in [0.15, 0.2) is 41.7 Å². The van der Waals surface area contributed by atoms with Crippen molar-refractivity contribution in [3.8, 4) is 5.75 Å². The molecule has 0 aliphatic carbocycles. The van der Waals surface area contributed by atoms with Crippen molar-refractivity contribution in [1.82, 2.24) is 19.8 Å². The Bertz CT molecular complexity index is 699. The van der Waals surface area contributed by atoms with Crippen LogP contribution in [-0.4, -0.2) is 41.6 Å². The molecule has 0 amide bonds. The van der Waals surface area contributed by atoms with Gasteiger partial charge in [-0.2, -0.15) is 0 Å². The molecule has 1 N–H and O–H groups in total. The minimum atomic E-state index is 0. The Kier molecular flexibility index (Phi) is 9.47. The monoisotopic (exact) mass is 471 g/mol. The zero-order valence-electron chi connectivity index (χ0n) is 16.3. The Hall–Kier alpha value is -1.77. The van der Waals surface area contributed by atoms with Crippen LogP contribution in [0.25, 0.3) is 0 Å². The Labute approximate surface area is 173 Å². The third kappa shape index (κ3) is 6.19. The third-order valence-electron chi connectivity index (χ3n) is 3.94. The van der Waals surface area contributed by atoms with Gasteiger partial charge in [0.15, 0.2) is 5.96 Å². The van der Waals surface area contributed by atoms with Gasteiger partial charge in [0.2, 0.25) is 0 Å². The van der Waals surface area contributed by atoms with Crippen LogP contribution in [0.5, 0.6) is 5.75 Å². The minimum absolute atomic E-state index is 0. The van der Waals surface area contributed by atoms with Gasteiger partial charge in [-0.25, -0.2) is 4.98 Å². The van der Waals surface area contributed by atoms with Crippen LogP contribution in [0.4, 0.5) is 0 Å². The number of benzene rings is 1. The van der Waals surface area contributed by atoms with Gasteiger partial charge in [0.1, 0.15) is 11.6 Å². The molecule has 26 heavy (non-hydrogen) atoms. The zero-order chi connectivity index (χ0) is 18.2. The van der Waals surface area contributed by atoms with Crippen molar-refractivity contribution in [3.63, 3.8) is 0 Å². The standard InChI is InChI=1S/C19H29N5O.HI/c1-15(2)13-24-11-10-21-18(24)12-22-19(20-3)23(4)14-16-8-6-7-9-17(16)25-5;/h6-11,15H,12-14H2,1-5H3,(H,20,22);1H. The van der Waals surface area contributed by atoms with Gasteiger partial charge in [0.05, 0.1) is 13.7 Å². The second kappa shape index (κ2) is 11.1. The average molecular weight is 471 g/mol. The molecule has 1 aromatic heterocycles. The van der Waals surface area contributed by atoms with Gasteiger partial charge in [0, 0.05) is 45.1 Å². The number of ether oxygens (including phenoxy) is 1. The smallest absolute Gasteiger partial charge is 0.194 e. The van der Waals surface area contributed by atoms with Gasteiger partial charge < -0.3 is 19.5 Å². The zero-order valence-corrected chi connectivity index (χ0v) is 18.6. The molecular weight excluding hydrogens is 441 g/mol. The topological polar surface area (TPSA) is 54.7 Å². The lowest BCUT2D eigenvalue weighted by molar-refractivity contribution is 0.395. The van der Waals surface area contributed by atoms with Crippen LogP contribution in [0.2, 0.25) is 0 Å². The molecule has 2 aromatic rings. The summed E-state index contributed by atoms with van der Waals surface area (Å²) in [6.45, 7) is 6.73. The maximum atomic E-state index is 5.43. The Balaban J connectivity index is 0.00000338. The summed E-state index contributed by atoms with van der Waals surface area (Å²) in [7, 11) is 5.50. The molecule has 2 rings (SSSR count). The molecule has 0 unspecified atom stereocenters. The third-order valence-corrected chi connectivity index (χ3v) is 3.94. The van der Waals surface area contributed by atoms with Gasteiger partial charge in [-0.05, 0) is 12.0 Å². The number of aliphatic imine (C=N–C) groups is 1. The summed E-state index contributed by atoms with van der Waals surface area (Å²) in [4.78, 5) is 10.9. The molecule has 0 saturated carbocycles. The molecule has 0 aliphatic rings. The van der Waals surface area contributed by atoms with Crippen LogP contribution in [0.3, 0.4) is 0 Å². The predicted octanol–water partition coefficient (Wildman–Crippen LogP) is 3.37. The van der Waals surface area contributed by atoms with E-state index in [0.29, 0.717) is 19.0 Å². The summed E-state index contributed by atoms with van der Waals surface area (Å²) in [5.41, 5.74) is 1.12. The maximum absolute atomic E-state index is 5.43. The van der Waals surface area contributed by atoms with Crippen LogP contribution < -0.4 is 10.1 Å². The van der Waals surface area contributed by atoms with Crippen LogP contribution in [0, 0.1) is 5.92 Å². The molecule has 0 atom stereocenters. The maximum Gasteiger partial charge on any atom is 0.194 e. The van der Waals surface area contributed by atoms with E-state index < -0.39 is 0 Å². The van der Waals surface area contributed by atoms with Crippen molar-refractivity contribution >= 4 is 29.9 Å². The highest BCUT2D eigenvalue weighted by Gasteiger charge is 2.11. The normalized spacial score (nSPS) is 11.2. The number of guanidine groups is 1. The lowest BCUT2D eigenvalue weighted by Crippen LogP contribution is -2.38. The lowest BCUT2D eigenvalue weighted by Gasteiger charge is -2.23. The van der Waals surface area contributed by atoms with E-state index in [-0.39, 0.29) is 24.0 Å². The number of hydrogen-bond donors (Lipinski definition) is 1. The molecule has 1 heterocycles. The molecule has 0 radical (unpaired) electrons. The van der Waals surface area contributed by atoms with Gasteiger partial charge >= 0.3 is 0 Å². The van der Waals surface area contributed by atoms with Crippen LogP contribution in [0.1, 0.15) is 25.2 Å². The molecule has 0 saturated heterocycles. The summed E-state index contributed by atoms with van der Waals surface area (Å²) in [5.74, 6) is 3.31. The fourth-order valence-electron chi connectivity index (χ4n) is 2.77. The highest BCUT2D eigenvalue weighted by Crippen LogP contribution is 2.18. The number of methoxy groups -OCH3 is 1. The predicted molar refractivity (Wildman–Crippen MR) is 117 cm³/mol. The van der Waals surface area contributed by atoms with Crippen molar-refractivity contribution in [2.75, 3.05) is 21.2 Å². The van der Waals surface area contributed by atoms with Crippen molar-refractivity contribution in [2.24, 2.45) is 10.9 Å². The summed E-state index contributed by atoms with van der Waals surface area (Å²) in [5, 5.41) is 3.39. The Morgan fingerprint density at radius 3 is 2.73 bits per heavy atom. The van der Waals surface area contributed by atoms with Crippen molar-refractivity contribution < 1.29 is 4.74 Å². The Morgan fingerprint density at radius 1 is 1.35 bits per heavy atom. The van der Waals surface area contributed by atoms with E-state index in [0.717, 1.165) is 29.6 Å². The molecule has 6 nitrogen and oxygen atoms in total. The van der Waals surface area contributed by atoms with Crippen molar-refractivity contribution in [1.29, 1.82) is 0 Å². The molecule has 0 aliphatic heterocycles. The molecule has 0 fully saturated rings. The molecule has 144 valence electrons. The fourth-order valence-corrected chi connectivity index (χ4v) is 2.77. The SMILES string of the molecule is CN=C(NCc1nccn1CC(C)C)N(C)Cc1ccccc1OC.I. The van der Waals surface area contributed by atoms with Gasteiger partial charge in [-0.15, -0.1) is 24.0 Å². The van der Waals surface area contributed by atoms with E-state index >= 15 is 0 Å². The number of nitrogens with one attached hydrogen (secondary N) is 1. The van der Waals surface area contributed by atoms with Crippen LogP contribution in [-0.2, 0) is 19.6 Å². The second-order valence-corrected chi connectivity index (χ2v) is 6.46. The number of para-hydroxylation sites is 1. The van der Waals surface area contributed by atoms with Gasteiger partial charge in [-0.3, -0.25) is 4.99 Å². The number of rotatable bonds is 7. The largest absolute Gasteiger partial charge is 0.496 e. The minimum Gasteiger partial charge on any atom is -0.496 e. The molecule has 1 aromatic carbocycles. The Morgan fingerprint density at radius 2 is 2.08 bits per heavy atom. The number of imidazole rings is 1. The molecule has 7 heteroatoms. The van der Waals surface area contributed by atoms with Gasteiger partial charge in [0.25, 0.3) is 0 Å². The van der Waals surface area contributed by atoms with E-state index in [1.807, 2.05) is 37.6 Å². The van der Waals surface area contributed by atoms with Crippen LogP contribution >= 0.6 is 24.0 Å². The van der Waals surface area contributed by atoms with Crippen molar-refractivity contribution in [2.45, 2.75) is 33.5 Å². The highest BCUT2D eigenvalue weighted by molar-refractivity contribution is 14.0. The summed E-state index contributed by atoms with van der Waals surface area (Å²) < 4.78 is 7.62. The highest BCUT2D eigenvalue weighted by atomic mass is 127. The fraction of sp³-hybridized carbons (Fsp3) is 0.474. The number of halogens is 1. The summed E-state index contributed by atoms with van der Waals surface area (Å²) in [6, 6.07) is 8.04. The van der Waals surface area contributed by atoms with E-state index in [2.05, 4.69) is 44.7 Å². The number of hydrogen-bond acceptors (Lipinski definition) is 3. The second-order valence-electron chi connectivity index (χ2n) is 6.46. The molecular formula is C19H30IN5O. The van der Waals surface area contributed by atoms with Crippen molar-refractivity contribution in [3.05, 3.63) is 48.0 Å². The summed E-state index contributed by atoms with van der Waals surface area (Å²) in [6.07, 6.45) is 3.87. The molecule has 0 spiro atoms. The number of aromatic nitrogens is 2. The average Bonchev–Trinajstić information content (AvgIpc) is 3.02.